The molecule has 0 heterocycles. The topological polar surface area (TPSA) is 37.3 Å². The Morgan fingerprint density at radius 2 is 2.33 bits per heavy atom. The maximum atomic E-state index is 12.9. The molecule has 12 heavy (non-hydrogen) atoms. The summed E-state index contributed by atoms with van der Waals surface area (Å²) in [7, 11) is 0. The summed E-state index contributed by atoms with van der Waals surface area (Å²) in [6, 6.07) is 4.57. The molecule has 0 aromatic heterocycles. The van der Waals surface area contributed by atoms with Gasteiger partial charge in [-0.15, -0.1) is 0 Å². The maximum absolute atomic E-state index is 12.9. The molecule has 62 valence electrons. The summed E-state index contributed by atoms with van der Waals surface area (Å²) in [5.74, 6) is -1.64. The molecule has 1 atom stereocenters. The standard InChI is InChI=1S/C9H7FO2/c10-8-3-1-2-5-6(8)4-7(5)9(11)12/h1-3,7H,4H2,(H,11,12). The summed E-state index contributed by atoms with van der Waals surface area (Å²) >= 11 is 0. The Kier molecular flexibility index (Phi) is 1.40. The lowest BCUT2D eigenvalue weighted by molar-refractivity contribution is -0.139. The number of halogens is 1. The van der Waals surface area contributed by atoms with Crippen LogP contribution in [-0.2, 0) is 11.2 Å². The molecule has 1 unspecified atom stereocenters. The first-order chi connectivity index (χ1) is 5.70. The average Bonchev–Trinajstić information content (AvgIpc) is 1.92. The van der Waals surface area contributed by atoms with Gasteiger partial charge in [-0.3, -0.25) is 4.79 Å². The molecule has 1 aliphatic rings. The Morgan fingerprint density at radius 1 is 1.58 bits per heavy atom. The molecule has 0 aliphatic heterocycles. The van der Waals surface area contributed by atoms with E-state index in [0.29, 0.717) is 17.5 Å². The summed E-state index contributed by atoms with van der Waals surface area (Å²) < 4.78 is 12.9. The van der Waals surface area contributed by atoms with E-state index in [4.69, 9.17) is 5.11 Å². The fraction of sp³-hybridized carbons (Fsp3) is 0.222. The highest BCUT2D eigenvalue weighted by atomic mass is 19.1. The van der Waals surface area contributed by atoms with Crippen LogP contribution in [0.5, 0.6) is 0 Å². The Morgan fingerprint density at radius 3 is 3.00 bits per heavy atom. The highest BCUT2D eigenvalue weighted by Crippen LogP contribution is 2.36. The number of hydrogen-bond acceptors (Lipinski definition) is 1. The van der Waals surface area contributed by atoms with Crippen molar-refractivity contribution >= 4 is 5.97 Å². The second kappa shape index (κ2) is 2.30. The van der Waals surface area contributed by atoms with Gasteiger partial charge in [-0.2, -0.15) is 0 Å². The van der Waals surface area contributed by atoms with Gasteiger partial charge in [0.05, 0.1) is 5.92 Å². The van der Waals surface area contributed by atoms with Crippen LogP contribution in [0.2, 0.25) is 0 Å². The molecule has 1 aromatic rings. The van der Waals surface area contributed by atoms with E-state index in [-0.39, 0.29) is 5.82 Å². The van der Waals surface area contributed by atoms with E-state index < -0.39 is 11.9 Å². The molecule has 0 fully saturated rings. The SMILES string of the molecule is O=C(O)C1Cc2c(F)cccc21. The highest BCUT2D eigenvalue weighted by molar-refractivity contribution is 5.80. The minimum Gasteiger partial charge on any atom is -0.481 e. The van der Waals surface area contributed by atoms with Crippen LogP contribution in [0.25, 0.3) is 0 Å². The van der Waals surface area contributed by atoms with Crippen molar-refractivity contribution in [1.29, 1.82) is 0 Å². The molecule has 0 bridgehead atoms. The van der Waals surface area contributed by atoms with Gasteiger partial charge in [-0.25, -0.2) is 4.39 Å². The van der Waals surface area contributed by atoms with Gasteiger partial charge < -0.3 is 5.11 Å². The second-order valence-electron chi connectivity index (χ2n) is 2.90. The van der Waals surface area contributed by atoms with E-state index in [9.17, 15) is 9.18 Å². The minimum atomic E-state index is -0.867. The van der Waals surface area contributed by atoms with Crippen molar-refractivity contribution in [3.8, 4) is 0 Å². The van der Waals surface area contributed by atoms with Crippen molar-refractivity contribution in [3.63, 3.8) is 0 Å². The number of fused-ring (bicyclic) bond motifs is 1. The average molecular weight is 166 g/mol. The van der Waals surface area contributed by atoms with Crippen LogP contribution in [-0.4, -0.2) is 11.1 Å². The molecule has 2 rings (SSSR count). The Bertz CT molecular complexity index is 346. The molecule has 3 heteroatoms. The predicted molar refractivity (Wildman–Crippen MR) is 40.5 cm³/mol. The van der Waals surface area contributed by atoms with Gasteiger partial charge in [0.1, 0.15) is 5.82 Å². The third-order valence-corrected chi connectivity index (χ3v) is 2.24. The fourth-order valence-electron chi connectivity index (χ4n) is 1.52. The number of rotatable bonds is 1. The maximum Gasteiger partial charge on any atom is 0.311 e. The van der Waals surface area contributed by atoms with E-state index in [1.54, 1.807) is 12.1 Å². The Labute approximate surface area is 68.6 Å². The van der Waals surface area contributed by atoms with Crippen LogP contribution in [0.1, 0.15) is 17.0 Å². The molecule has 0 radical (unpaired) electrons. The number of aliphatic carboxylic acids is 1. The molecular formula is C9H7FO2. The van der Waals surface area contributed by atoms with Gasteiger partial charge in [0, 0.05) is 0 Å². The third kappa shape index (κ3) is 0.826. The van der Waals surface area contributed by atoms with Gasteiger partial charge >= 0.3 is 5.97 Å². The molecule has 0 spiro atoms. The van der Waals surface area contributed by atoms with Crippen LogP contribution in [0.15, 0.2) is 18.2 Å². The van der Waals surface area contributed by atoms with Gasteiger partial charge in [-0.05, 0) is 23.6 Å². The van der Waals surface area contributed by atoms with Gasteiger partial charge in [0.15, 0.2) is 0 Å². The zero-order chi connectivity index (χ0) is 8.72. The smallest absolute Gasteiger partial charge is 0.311 e. The van der Waals surface area contributed by atoms with Crippen molar-refractivity contribution in [2.45, 2.75) is 12.3 Å². The Balaban J connectivity index is 2.42. The zero-order valence-corrected chi connectivity index (χ0v) is 6.25. The fourth-order valence-corrected chi connectivity index (χ4v) is 1.52. The first-order valence-corrected chi connectivity index (χ1v) is 3.70. The molecule has 0 amide bonds. The molecule has 1 N–H and O–H groups in total. The molecular weight excluding hydrogens is 159 g/mol. The van der Waals surface area contributed by atoms with Crippen molar-refractivity contribution < 1.29 is 14.3 Å². The molecule has 1 aromatic carbocycles. The molecule has 0 saturated carbocycles. The molecule has 2 nitrogen and oxygen atoms in total. The zero-order valence-electron chi connectivity index (χ0n) is 6.25. The van der Waals surface area contributed by atoms with E-state index in [0.717, 1.165) is 0 Å². The van der Waals surface area contributed by atoms with Crippen molar-refractivity contribution in [2.75, 3.05) is 0 Å². The van der Waals surface area contributed by atoms with E-state index in [2.05, 4.69) is 0 Å². The molecule has 0 saturated heterocycles. The van der Waals surface area contributed by atoms with Crippen LogP contribution in [0.4, 0.5) is 4.39 Å². The number of carboxylic acid groups (broad SMARTS) is 1. The lowest BCUT2D eigenvalue weighted by atomic mass is 9.77. The lowest BCUT2D eigenvalue weighted by Gasteiger charge is -2.26. The van der Waals surface area contributed by atoms with Crippen molar-refractivity contribution in [1.82, 2.24) is 0 Å². The number of carbonyl (C=O) groups is 1. The first-order valence-electron chi connectivity index (χ1n) is 3.70. The number of carboxylic acids is 1. The summed E-state index contributed by atoms with van der Waals surface area (Å²) in [5, 5.41) is 8.65. The monoisotopic (exact) mass is 166 g/mol. The van der Waals surface area contributed by atoms with Gasteiger partial charge in [0.25, 0.3) is 0 Å². The van der Waals surface area contributed by atoms with Gasteiger partial charge in [0.2, 0.25) is 0 Å². The van der Waals surface area contributed by atoms with Crippen molar-refractivity contribution in [2.24, 2.45) is 0 Å². The van der Waals surface area contributed by atoms with Crippen LogP contribution in [0, 0.1) is 5.82 Å². The third-order valence-electron chi connectivity index (χ3n) is 2.24. The summed E-state index contributed by atoms with van der Waals surface area (Å²) in [5.41, 5.74) is 1.19. The largest absolute Gasteiger partial charge is 0.481 e. The van der Waals surface area contributed by atoms with Gasteiger partial charge in [-0.1, -0.05) is 12.1 Å². The highest BCUT2D eigenvalue weighted by Gasteiger charge is 2.33. The second-order valence-corrected chi connectivity index (χ2v) is 2.90. The van der Waals surface area contributed by atoms with E-state index >= 15 is 0 Å². The summed E-state index contributed by atoms with van der Waals surface area (Å²) in [6.45, 7) is 0. The molecule has 1 aliphatic carbocycles. The number of hydrogen-bond donors (Lipinski definition) is 1. The number of benzene rings is 1. The lowest BCUT2D eigenvalue weighted by Crippen LogP contribution is -2.25. The summed E-state index contributed by atoms with van der Waals surface area (Å²) in [6.07, 6.45) is 0.331. The van der Waals surface area contributed by atoms with E-state index in [1.165, 1.54) is 6.07 Å². The minimum absolute atomic E-state index is 0.287. The summed E-state index contributed by atoms with van der Waals surface area (Å²) in [4.78, 5) is 10.5. The normalized spacial score (nSPS) is 19.6. The Hall–Kier alpha value is -1.38. The van der Waals surface area contributed by atoms with Crippen LogP contribution < -0.4 is 0 Å². The predicted octanol–water partition coefficient (Wildman–Crippen LogP) is 1.55. The first kappa shape index (κ1) is 7.28. The van der Waals surface area contributed by atoms with Crippen LogP contribution >= 0.6 is 0 Å². The van der Waals surface area contributed by atoms with E-state index in [1.807, 2.05) is 0 Å². The van der Waals surface area contributed by atoms with Crippen molar-refractivity contribution in [3.05, 3.63) is 35.1 Å². The van der Waals surface area contributed by atoms with Crippen LogP contribution in [0.3, 0.4) is 0 Å². The quantitative estimate of drug-likeness (QED) is 0.687.